The number of hydrogen-bond donors (Lipinski definition) is 1. The van der Waals surface area contributed by atoms with E-state index in [0.717, 1.165) is 46.5 Å². The summed E-state index contributed by atoms with van der Waals surface area (Å²) in [5.41, 5.74) is 4.62. The number of furan rings is 1. The van der Waals surface area contributed by atoms with Gasteiger partial charge in [0.25, 0.3) is 0 Å². The molecule has 29 heavy (non-hydrogen) atoms. The summed E-state index contributed by atoms with van der Waals surface area (Å²) in [6.07, 6.45) is 5.98. The lowest BCUT2D eigenvalue weighted by Crippen LogP contribution is -2.08. The van der Waals surface area contributed by atoms with Gasteiger partial charge in [0.15, 0.2) is 0 Å². The van der Waals surface area contributed by atoms with Crippen molar-refractivity contribution in [3.05, 3.63) is 64.4 Å². The van der Waals surface area contributed by atoms with Crippen molar-refractivity contribution in [2.45, 2.75) is 39.5 Å². The van der Waals surface area contributed by atoms with E-state index in [0.29, 0.717) is 17.3 Å². The fourth-order valence-corrected chi connectivity index (χ4v) is 3.98. The summed E-state index contributed by atoms with van der Waals surface area (Å²) in [6.45, 7) is 4.42. The van der Waals surface area contributed by atoms with Gasteiger partial charge in [-0.05, 0) is 69.0 Å². The third kappa shape index (κ3) is 4.18. The van der Waals surface area contributed by atoms with Gasteiger partial charge in [-0.3, -0.25) is 4.79 Å². The van der Waals surface area contributed by atoms with Gasteiger partial charge < -0.3 is 14.5 Å². The van der Waals surface area contributed by atoms with Crippen LogP contribution in [0.25, 0.3) is 16.5 Å². The van der Waals surface area contributed by atoms with Crippen LogP contribution >= 0.6 is 11.6 Å². The van der Waals surface area contributed by atoms with Crippen molar-refractivity contribution in [1.29, 1.82) is 0 Å². The molecular weight excluding hydrogens is 386 g/mol. The number of rotatable bonds is 5. The fraction of sp³-hybridized carbons (Fsp3) is 0.292. The van der Waals surface area contributed by atoms with Gasteiger partial charge in [-0.2, -0.15) is 0 Å². The van der Waals surface area contributed by atoms with Crippen molar-refractivity contribution in [1.82, 2.24) is 0 Å². The van der Waals surface area contributed by atoms with Gasteiger partial charge in [0.1, 0.15) is 17.1 Å². The van der Waals surface area contributed by atoms with Crippen molar-refractivity contribution in [3.8, 4) is 5.75 Å². The average molecular weight is 410 g/mol. The van der Waals surface area contributed by atoms with Crippen LogP contribution < -0.4 is 10.1 Å². The van der Waals surface area contributed by atoms with E-state index in [9.17, 15) is 4.79 Å². The molecule has 0 spiro atoms. The van der Waals surface area contributed by atoms with Crippen molar-refractivity contribution in [3.63, 3.8) is 0 Å². The molecule has 4 rings (SSSR count). The van der Waals surface area contributed by atoms with Crippen LogP contribution in [0.1, 0.15) is 43.6 Å². The van der Waals surface area contributed by atoms with Gasteiger partial charge in [-0.15, -0.1) is 0 Å². The Morgan fingerprint density at radius 3 is 2.72 bits per heavy atom. The monoisotopic (exact) mass is 409 g/mol. The Morgan fingerprint density at radius 2 is 1.97 bits per heavy atom. The highest BCUT2D eigenvalue weighted by atomic mass is 35.5. The number of hydrogen-bond acceptors (Lipinski definition) is 3. The molecule has 150 valence electrons. The van der Waals surface area contributed by atoms with Crippen LogP contribution in [0.2, 0.25) is 5.02 Å². The summed E-state index contributed by atoms with van der Waals surface area (Å²) < 4.78 is 12.0. The number of halogens is 1. The summed E-state index contributed by atoms with van der Waals surface area (Å²) >= 11 is 5.90. The molecule has 0 bridgehead atoms. The lowest BCUT2D eigenvalue weighted by molar-refractivity contribution is -0.111. The third-order valence-corrected chi connectivity index (χ3v) is 5.49. The van der Waals surface area contributed by atoms with Crippen LogP contribution in [-0.2, 0) is 17.6 Å². The van der Waals surface area contributed by atoms with Crippen molar-refractivity contribution < 1.29 is 13.9 Å². The Kier molecular flexibility index (Phi) is 5.63. The van der Waals surface area contributed by atoms with Crippen LogP contribution in [0, 0.1) is 0 Å². The topological polar surface area (TPSA) is 51.5 Å². The Hall–Kier alpha value is -2.72. The summed E-state index contributed by atoms with van der Waals surface area (Å²) in [4.78, 5) is 12.5. The maximum atomic E-state index is 12.5. The van der Waals surface area contributed by atoms with Crippen LogP contribution in [0.5, 0.6) is 5.75 Å². The summed E-state index contributed by atoms with van der Waals surface area (Å²) in [7, 11) is 0. The third-order valence-electron chi connectivity index (χ3n) is 5.24. The SMILES string of the molecule is CCOc1cc2oc3c(c2cc1/C(C)=C/C(=O)Nc1ccc(Cl)cc1)CCCC3. The van der Waals surface area contributed by atoms with E-state index in [1.165, 1.54) is 18.4 Å². The zero-order valence-electron chi connectivity index (χ0n) is 16.7. The predicted molar refractivity (Wildman–Crippen MR) is 118 cm³/mol. The maximum Gasteiger partial charge on any atom is 0.248 e. The molecule has 0 saturated carbocycles. The molecule has 5 heteroatoms. The van der Waals surface area contributed by atoms with E-state index < -0.39 is 0 Å². The molecule has 0 atom stereocenters. The van der Waals surface area contributed by atoms with E-state index in [2.05, 4.69) is 11.4 Å². The summed E-state index contributed by atoms with van der Waals surface area (Å²) in [5.74, 6) is 1.63. The molecule has 2 aromatic carbocycles. The lowest BCUT2D eigenvalue weighted by atomic mass is 9.94. The Balaban J connectivity index is 1.68. The first kappa shape index (κ1) is 19.6. The highest BCUT2D eigenvalue weighted by Gasteiger charge is 2.20. The van der Waals surface area contributed by atoms with E-state index in [1.54, 1.807) is 30.3 Å². The van der Waals surface area contributed by atoms with E-state index in [-0.39, 0.29) is 5.91 Å². The first-order valence-corrected chi connectivity index (χ1v) is 10.4. The van der Waals surface area contributed by atoms with Crippen molar-refractivity contribution >= 4 is 39.7 Å². The maximum absolute atomic E-state index is 12.5. The second kappa shape index (κ2) is 8.34. The molecular formula is C24H24ClNO3. The van der Waals surface area contributed by atoms with E-state index in [1.807, 2.05) is 19.9 Å². The number of fused-ring (bicyclic) bond motifs is 3. The molecule has 1 N–H and O–H groups in total. The molecule has 0 saturated heterocycles. The normalized spacial score (nSPS) is 14.0. The minimum atomic E-state index is -0.193. The number of aryl methyl sites for hydroxylation is 2. The van der Waals surface area contributed by atoms with E-state index >= 15 is 0 Å². The number of allylic oxidation sites excluding steroid dienone is 1. The minimum absolute atomic E-state index is 0.193. The highest BCUT2D eigenvalue weighted by molar-refractivity contribution is 6.30. The second-order valence-corrected chi connectivity index (χ2v) is 7.75. The molecule has 1 aliphatic rings. The van der Waals surface area contributed by atoms with Crippen LogP contribution in [-0.4, -0.2) is 12.5 Å². The molecule has 0 aliphatic heterocycles. The second-order valence-electron chi connectivity index (χ2n) is 7.31. The predicted octanol–water partition coefficient (Wildman–Crippen LogP) is 6.41. The molecule has 3 aromatic rings. The minimum Gasteiger partial charge on any atom is -0.493 e. The van der Waals surface area contributed by atoms with Crippen LogP contribution in [0.3, 0.4) is 0 Å². The molecule has 1 aliphatic carbocycles. The summed E-state index contributed by atoms with van der Waals surface area (Å²) in [5, 5.41) is 4.63. The number of amides is 1. The van der Waals surface area contributed by atoms with Crippen LogP contribution in [0.15, 0.2) is 46.9 Å². The Labute approximate surface area is 175 Å². The lowest BCUT2D eigenvalue weighted by Gasteiger charge is -2.12. The molecule has 0 unspecified atom stereocenters. The molecule has 0 radical (unpaired) electrons. The van der Waals surface area contributed by atoms with Gasteiger partial charge in [-0.25, -0.2) is 0 Å². The number of carbonyl (C=O) groups is 1. The quantitative estimate of drug-likeness (QED) is 0.495. The first-order chi connectivity index (χ1) is 14.0. The number of carbonyl (C=O) groups excluding carboxylic acids is 1. The molecule has 1 heterocycles. The Morgan fingerprint density at radius 1 is 1.21 bits per heavy atom. The number of anilines is 1. The summed E-state index contributed by atoms with van der Waals surface area (Å²) in [6, 6.07) is 11.1. The number of nitrogens with one attached hydrogen (secondary N) is 1. The van der Waals surface area contributed by atoms with Crippen molar-refractivity contribution in [2.24, 2.45) is 0 Å². The van der Waals surface area contributed by atoms with Gasteiger partial charge in [0, 0.05) is 45.8 Å². The number of ether oxygens (including phenoxy) is 1. The highest BCUT2D eigenvalue weighted by Crippen LogP contribution is 2.38. The average Bonchev–Trinajstić information content (AvgIpc) is 3.06. The molecule has 4 nitrogen and oxygen atoms in total. The first-order valence-electron chi connectivity index (χ1n) is 10.0. The van der Waals surface area contributed by atoms with Gasteiger partial charge in [0.05, 0.1) is 6.61 Å². The number of benzene rings is 2. The zero-order valence-corrected chi connectivity index (χ0v) is 17.4. The fourth-order valence-electron chi connectivity index (χ4n) is 3.86. The zero-order chi connectivity index (χ0) is 20.4. The van der Waals surface area contributed by atoms with Gasteiger partial charge in [0.2, 0.25) is 5.91 Å². The van der Waals surface area contributed by atoms with Crippen molar-refractivity contribution in [2.75, 3.05) is 11.9 Å². The standard InChI is InChI=1S/C24H24ClNO3/c1-3-28-22-14-23-20(18-6-4-5-7-21(18)29-23)13-19(22)15(2)12-24(27)26-17-10-8-16(25)9-11-17/h8-14H,3-7H2,1-2H3,(H,26,27)/b15-12+. The van der Waals surface area contributed by atoms with E-state index in [4.69, 9.17) is 20.8 Å². The van der Waals surface area contributed by atoms with Gasteiger partial charge >= 0.3 is 0 Å². The largest absolute Gasteiger partial charge is 0.493 e. The van der Waals surface area contributed by atoms with Crippen LogP contribution in [0.4, 0.5) is 5.69 Å². The van der Waals surface area contributed by atoms with Gasteiger partial charge in [-0.1, -0.05) is 11.6 Å². The molecule has 1 amide bonds. The molecule has 0 fully saturated rings. The Bertz CT molecular complexity index is 1080. The molecule has 1 aromatic heterocycles. The smallest absolute Gasteiger partial charge is 0.248 e.